The number of aryl methyl sites for hydroxylation is 1. The third-order valence-corrected chi connectivity index (χ3v) is 3.55. The Morgan fingerprint density at radius 1 is 1.26 bits per heavy atom. The van der Waals surface area contributed by atoms with E-state index in [1.807, 2.05) is 20.9 Å². The van der Waals surface area contributed by atoms with Crippen molar-refractivity contribution in [3.05, 3.63) is 22.8 Å². The molecule has 104 valence electrons. The Balaban J connectivity index is 3.22. The van der Waals surface area contributed by atoms with Gasteiger partial charge in [-0.1, -0.05) is 0 Å². The van der Waals surface area contributed by atoms with E-state index in [1.165, 1.54) is 16.8 Å². The summed E-state index contributed by atoms with van der Waals surface area (Å²) >= 11 is 0. The van der Waals surface area contributed by atoms with E-state index in [2.05, 4.69) is 37.8 Å². The molecule has 19 heavy (non-hydrogen) atoms. The predicted octanol–water partition coefficient (Wildman–Crippen LogP) is 3.61. The van der Waals surface area contributed by atoms with Gasteiger partial charge in [0.2, 0.25) is 0 Å². The number of hydrogen-bond donors (Lipinski definition) is 0. The highest BCUT2D eigenvalue weighted by molar-refractivity contribution is 5.64. The summed E-state index contributed by atoms with van der Waals surface area (Å²) in [6.45, 7) is 10.9. The number of nitrogens with zero attached hydrogens (tertiary/aromatic N) is 2. The molecule has 3 heteroatoms. The summed E-state index contributed by atoms with van der Waals surface area (Å²) in [4.78, 5) is 2.17. The number of hydrogen-bond acceptors (Lipinski definition) is 3. The zero-order chi connectivity index (χ0) is 14.8. The molecule has 0 aliphatic heterocycles. The zero-order valence-electron chi connectivity index (χ0n) is 13.1. The molecule has 0 heterocycles. The number of benzene rings is 1. The van der Waals surface area contributed by atoms with Crippen LogP contribution in [0.4, 0.5) is 5.69 Å². The van der Waals surface area contributed by atoms with Crippen molar-refractivity contribution >= 4 is 5.69 Å². The van der Waals surface area contributed by atoms with E-state index in [9.17, 15) is 0 Å². The lowest BCUT2D eigenvalue weighted by Crippen LogP contribution is -2.31. The number of methoxy groups -OCH3 is 1. The van der Waals surface area contributed by atoms with Crippen molar-refractivity contribution in [3.63, 3.8) is 0 Å². The molecule has 0 aliphatic rings. The Morgan fingerprint density at radius 2 is 1.84 bits per heavy atom. The summed E-state index contributed by atoms with van der Waals surface area (Å²) < 4.78 is 5.39. The maximum atomic E-state index is 9.17. The van der Waals surface area contributed by atoms with Gasteiger partial charge in [0.05, 0.1) is 18.6 Å². The van der Waals surface area contributed by atoms with Gasteiger partial charge in [-0.2, -0.15) is 5.26 Å². The molecule has 0 atom stereocenters. The summed E-state index contributed by atoms with van der Waals surface area (Å²) in [6.07, 6.45) is 0. The Labute approximate surface area is 116 Å². The van der Waals surface area contributed by atoms with Gasteiger partial charge in [0.15, 0.2) is 0 Å². The van der Waals surface area contributed by atoms with E-state index in [-0.39, 0.29) is 5.41 Å². The van der Waals surface area contributed by atoms with Crippen LogP contribution in [-0.4, -0.2) is 20.7 Å². The van der Waals surface area contributed by atoms with Gasteiger partial charge in [-0.15, -0.1) is 0 Å². The molecule has 0 radical (unpaired) electrons. The molecule has 0 fully saturated rings. The molecule has 0 saturated carbocycles. The van der Waals surface area contributed by atoms with Crippen LogP contribution in [0, 0.1) is 37.5 Å². The second-order valence-electron chi connectivity index (χ2n) is 5.85. The Bertz CT molecular complexity index is 512. The summed E-state index contributed by atoms with van der Waals surface area (Å²) in [7, 11) is 3.74. The van der Waals surface area contributed by atoms with Gasteiger partial charge in [0.25, 0.3) is 0 Å². The lowest BCUT2D eigenvalue weighted by Gasteiger charge is -2.30. The van der Waals surface area contributed by atoms with Gasteiger partial charge in [-0.25, -0.2) is 0 Å². The Kier molecular flexibility index (Phi) is 4.47. The second-order valence-corrected chi connectivity index (χ2v) is 5.85. The Morgan fingerprint density at radius 3 is 2.32 bits per heavy atom. The van der Waals surface area contributed by atoms with Crippen LogP contribution in [0.3, 0.4) is 0 Å². The number of nitriles is 1. The van der Waals surface area contributed by atoms with Gasteiger partial charge in [0, 0.05) is 19.3 Å². The average molecular weight is 260 g/mol. The molecule has 0 amide bonds. The van der Waals surface area contributed by atoms with Crippen molar-refractivity contribution in [2.24, 2.45) is 5.41 Å². The zero-order valence-corrected chi connectivity index (χ0v) is 13.1. The molecule has 0 spiro atoms. The fourth-order valence-electron chi connectivity index (χ4n) is 2.54. The van der Waals surface area contributed by atoms with Crippen molar-refractivity contribution in [2.45, 2.75) is 34.6 Å². The second kappa shape index (κ2) is 5.52. The first-order valence-electron chi connectivity index (χ1n) is 6.50. The largest absolute Gasteiger partial charge is 0.496 e. The van der Waals surface area contributed by atoms with Crippen LogP contribution in [0.5, 0.6) is 5.75 Å². The fourth-order valence-corrected chi connectivity index (χ4v) is 2.54. The maximum absolute atomic E-state index is 9.17. The van der Waals surface area contributed by atoms with Crippen LogP contribution in [0.15, 0.2) is 6.07 Å². The quantitative estimate of drug-likeness (QED) is 0.829. The summed E-state index contributed by atoms with van der Waals surface area (Å²) in [6, 6.07) is 4.41. The molecule has 1 aromatic carbocycles. The SMILES string of the molecule is COc1cc(C)c(N(C)CC(C)(C)C#N)c(C)c1C. The van der Waals surface area contributed by atoms with Gasteiger partial charge >= 0.3 is 0 Å². The van der Waals surface area contributed by atoms with E-state index in [0.29, 0.717) is 6.54 Å². The highest BCUT2D eigenvalue weighted by Gasteiger charge is 2.22. The number of rotatable bonds is 4. The fraction of sp³-hybridized carbons (Fsp3) is 0.562. The van der Waals surface area contributed by atoms with Crippen molar-refractivity contribution < 1.29 is 4.74 Å². The van der Waals surface area contributed by atoms with Crippen molar-refractivity contribution in [1.82, 2.24) is 0 Å². The summed E-state index contributed by atoms with van der Waals surface area (Å²) in [5, 5.41) is 9.17. The smallest absolute Gasteiger partial charge is 0.122 e. The van der Waals surface area contributed by atoms with Gasteiger partial charge in [-0.3, -0.25) is 0 Å². The minimum Gasteiger partial charge on any atom is -0.496 e. The van der Waals surface area contributed by atoms with E-state index >= 15 is 0 Å². The number of anilines is 1. The monoisotopic (exact) mass is 260 g/mol. The summed E-state index contributed by atoms with van der Waals surface area (Å²) in [5.74, 6) is 0.923. The molecule has 0 N–H and O–H groups in total. The first-order chi connectivity index (χ1) is 8.73. The van der Waals surface area contributed by atoms with E-state index in [4.69, 9.17) is 10.00 Å². The lowest BCUT2D eigenvalue weighted by molar-refractivity contribution is 0.411. The Hall–Kier alpha value is -1.69. The van der Waals surface area contributed by atoms with E-state index in [1.54, 1.807) is 7.11 Å². The van der Waals surface area contributed by atoms with Crippen molar-refractivity contribution in [1.29, 1.82) is 5.26 Å². The van der Waals surface area contributed by atoms with Crippen LogP contribution in [-0.2, 0) is 0 Å². The molecule has 3 nitrogen and oxygen atoms in total. The van der Waals surface area contributed by atoms with Gasteiger partial charge in [0.1, 0.15) is 5.75 Å². The highest BCUT2D eigenvalue weighted by Crippen LogP contribution is 2.34. The molecule has 1 rings (SSSR count). The van der Waals surface area contributed by atoms with Crippen molar-refractivity contribution in [3.8, 4) is 11.8 Å². The minimum absolute atomic E-state index is 0.360. The standard InChI is InChI=1S/C16H24N2O/c1-11-8-14(19-7)12(2)13(3)15(11)18(6)10-16(4,5)9-17/h8H,10H2,1-7H3. The molecule has 0 aliphatic carbocycles. The molecular weight excluding hydrogens is 236 g/mol. The topological polar surface area (TPSA) is 36.3 Å². The van der Waals surface area contributed by atoms with Crippen LogP contribution >= 0.6 is 0 Å². The van der Waals surface area contributed by atoms with Crippen molar-refractivity contribution in [2.75, 3.05) is 25.6 Å². The highest BCUT2D eigenvalue weighted by atomic mass is 16.5. The van der Waals surface area contributed by atoms with Crippen LogP contribution in [0.1, 0.15) is 30.5 Å². The van der Waals surface area contributed by atoms with Crippen LogP contribution in [0.2, 0.25) is 0 Å². The normalized spacial score (nSPS) is 11.1. The third-order valence-electron chi connectivity index (χ3n) is 3.55. The average Bonchev–Trinajstić information content (AvgIpc) is 2.33. The predicted molar refractivity (Wildman–Crippen MR) is 79.9 cm³/mol. The first-order valence-corrected chi connectivity index (χ1v) is 6.50. The maximum Gasteiger partial charge on any atom is 0.122 e. The lowest BCUT2D eigenvalue weighted by atomic mass is 9.93. The third kappa shape index (κ3) is 3.20. The molecular formula is C16H24N2O. The molecule has 0 bridgehead atoms. The molecule has 1 aromatic rings. The summed E-state index contributed by atoms with van der Waals surface area (Å²) in [5.41, 5.74) is 4.39. The van der Waals surface area contributed by atoms with Gasteiger partial charge < -0.3 is 9.64 Å². The van der Waals surface area contributed by atoms with Gasteiger partial charge in [-0.05, 0) is 57.4 Å². The van der Waals surface area contributed by atoms with E-state index < -0.39 is 0 Å². The number of ether oxygens (including phenoxy) is 1. The molecule has 0 aromatic heterocycles. The first kappa shape index (κ1) is 15.4. The van der Waals surface area contributed by atoms with Crippen LogP contribution < -0.4 is 9.64 Å². The molecule has 0 unspecified atom stereocenters. The minimum atomic E-state index is -0.360. The van der Waals surface area contributed by atoms with Crippen LogP contribution in [0.25, 0.3) is 0 Å². The van der Waals surface area contributed by atoms with E-state index in [0.717, 1.165) is 11.3 Å². The molecule has 0 saturated heterocycles.